The number of thiol groups is 1. The van der Waals surface area contributed by atoms with Crippen molar-refractivity contribution in [1.82, 2.24) is 4.98 Å². The second kappa shape index (κ2) is 6.80. The summed E-state index contributed by atoms with van der Waals surface area (Å²) in [5.74, 6) is -0.495. The number of benzene rings is 1. The molecular formula is C15H12ClF3N2OS. The lowest BCUT2D eigenvalue weighted by Crippen LogP contribution is -2.36. The largest absolute Gasteiger partial charge is 0.416 e. The Morgan fingerprint density at radius 2 is 1.87 bits per heavy atom. The zero-order valence-corrected chi connectivity index (χ0v) is 13.5. The maximum Gasteiger partial charge on any atom is 0.416 e. The maximum atomic E-state index is 12.6. The summed E-state index contributed by atoms with van der Waals surface area (Å²) in [5.41, 5.74) is -0.361. The minimum atomic E-state index is -4.44. The first-order valence-corrected chi connectivity index (χ1v) is 7.40. The van der Waals surface area contributed by atoms with Crippen LogP contribution in [0.25, 0.3) is 0 Å². The summed E-state index contributed by atoms with van der Waals surface area (Å²) >= 11 is 10.1. The Morgan fingerprint density at radius 3 is 2.35 bits per heavy atom. The van der Waals surface area contributed by atoms with Gasteiger partial charge >= 0.3 is 6.18 Å². The highest BCUT2D eigenvalue weighted by atomic mass is 35.5. The summed E-state index contributed by atoms with van der Waals surface area (Å²) in [6.45, 7) is 1.63. The highest BCUT2D eigenvalue weighted by Crippen LogP contribution is 2.31. The maximum absolute atomic E-state index is 12.6. The van der Waals surface area contributed by atoms with Crippen LogP contribution in [0.2, 0.25) is 5.15 Å². The lowest BCUT2D eigenvalue weighted by molar-refractivity contribution is -0.137. The van der Waals surface area contributed by atoms with Gasteiger partial charge in [0, 0.05) is 11.9 Å². The molecule has 0 saturated heterocycles. The Kier molecular flexibility index (Phi) is 5.21. The van der Waals surface area contributed by atoms with Crippen LogP contribution in [0.3, 0.4) is 0 Å². The zero-order valence-electron chi connectivity index (χ0n) is 11.9. The Labute approximate surface area is 141 Å². The third-order valence-electron chi connectivity index (χ3n) is 3.05. The molecule has 1 amide bonds. The summed E-state index contributed by atoms with van der Waals surface area (Å²) in [5, 5.41) is -0.557. The number of aromatic nitrogens is 1. The van der Waals surface area contributed by atoms with Crippen molar-refractivity contribution in [3.05, 3.63) is 58.9 Å². The molecule has 0 aliphatic carbocycles. The van der Waals surface area contributed by atoms with Crippen molar-refractivity contribution in [2.45, 2.75) is 18.5 Å². The molecule has 0 saturated carbocycles. The number of nitrogens with zero attached hydrogens (tertiary/aromatic N) is 2. The molecule has 2 aromatic rings. The lowest BCUT2D eigenvalue weighted by Gasteiger charge is -2.26. The molecule has 1 unspecified atom stereocenters. The third-order valence-corrected chi connectivity index (χ3v) is 3.59. The van der Waals surface area contributed by atoms with Crippen molar-refractivity contribution in [1.29, 1.82) is 0 Å². The number of carbonyl (C=O) groups excluding carboxylic acids is 1. The van der Waals surface area contributed by atoms with Crippen LogP contribution in [0.1, 0.15) is 22.8 Å². The summed E-state index contributed by atoms with van der Waals surface area (Å²) in [6.07, 6.45) is -3.00. The fourth-order valence-corrected chi connectivity index (χ4v) is 2.43. The van der Waals surface area contributed by atoms with E-state index in [-0.39, 0.29) is 16.4 Å². The number of hydrogen-bond acceptors (Lipinski definition) is 3. The molecule has 0 bridgehead atoms. The van der Waals surface area contributed by atoms with Gasteiger partial charge in [-0.1, -0.05) is 11.6 Å². The van der Waals surface area contributed by atoms with Gasteiger partial charge in [-0.2, -0.15) is 25.8 Å². The van der Waals surface area contributed by atoms with Gasteiger partial charge in [0.05, 0.1) is 16.5 Å². The molecule has 1 aromatic heterocycles. The van der Waals surface area contributed by atoms with Crippen molar-refractivity contribution in [3.63, 3.8) is 0 Å². The number of halogens is 4. The minimum absolute atomic E-state index is 0.0170. The van der Waals surface area contributed by atoms with E-state index in [2.05, 4.69) is 17.6 Å². The Balaban J connectivity index is 2.39. The monoisotopic (exact) mass is 360 g/mol. The van der Waals surface area contributed by atoms with E-state index in [1.54, 1.807) is 13.0 Å². The molecule has 1 atom stereocenters. The first kappa shape index (κ1) is 17.6. The molecule has 122 valence electrons. The van der Waals surface area contributed by atoms with Crippen LogP contribution < -0.4 is 4.90 Å². The number of amides is 1. The van der Waals surface area contributed by atoms with Crippen LogP contribution in [-0.2, 0) is 6.18 Å². The normalized spacial score (nSPS) is 12.8. The van der Waals surface area contributed by atoms with Gasteiger partial charge in [-0.15, -0.1) is 0 Å². The molecule has 0 spiro atoms. The number of carbonyl (C=O) groups is 1. The van der Waals surface area contributed by atoms with Gasteiger partial charge in [0.1, 0.15) is 5.15 Å². The third kappa shape index (κ3) is 3.97. The second-order valence-electron chi connectivity index (χ2n) is 4.69. The van der Waals surface area contributed by atoms with Crippen molar-refractivity contribution in [2.75, 3.05) is 4.90 Å². The standard InChI is InChI=1S/C15H12ClF3N2OS/c1-9(23)21(14(22)12-3-2-8-20-13(12)16)11-6-4-10(5-7-11)15(17,18)19/h2-9,23H,1H3. The van der Waals surface area contributed by atoms with Crippen LogP contribution in [-0.4, -0.2) is 16.3 Å². The lowest BCUT2D eigenvalue weighted by atomic mass is 10.1. The van der Waals surface area contributed by atoms with E-state index in [9.17, 15) is 18.0 Å². The molecular weight excluding hydrogens is 349 g/mol. The van der Waals surface area contributed by atoms with Crippen LogP contribution in [0, 0.1) is 0 Å². The van der Waals surface area contributed by atoms with Crippen molar-refractivity contribution < 1.29 is 18.0 Å². The molecule has 3 nitrogen and oxygen atoms in total. The number of alkyl halides is 3. The summed E-state index contributed by atoms with van der Waals surface area (Å²) in [4.78, 5) is 17.7. The molecule has 0 aliphatic rings. The number of hydrogen-bond donors (Lipinski definition) is 1. The van der Waals surface area contributed by atoms with Gasteiger partial charge in [-0.25, -0.2) is 4.98 Å². The van der Waals surface area contributed by atoms with E-state index in [1.807, 2.05) is 0 Å². The molecule has 1 aromatic carbocycles. The quantitative estimate of drug-likeness (QED) is 0.490. The average molecular weight is 361 g/mol. The molecule has 23 heavy (non-hydrogen) atoms. The second-order valence-corrected chi connectivity index (χ2v) is 5.80. The van der Waals surface area contributed by atoms with Crippen LogP contribution in [0.15, 0.2) is 42.6 Å². The van der Waals surface area contributed by atoms with E-state index < -0.39 is 23.0 Å². The first-order valence-electron chi connectivity index (χ1n) is 6.51. The van der Waals surface area contributed by atoms with E-state index in [0.29, 0.717) is 0 Å². The predicted molar refractivity (Wildman–Crippen MR) is 85.9 cm³/mol. The van der Waals surface area contributed by atoms with E-state index in [1.165, 1.54) is 29.3 Å². The van der Waals surface area contributed by atoms with Crippen molar-refractivity contribution in [2.24, 2.45) is 0 Å². The first-order chi connectivity index (χ1) is 10.7. The average Bonchev–Trinajstić information content (AvgIpc) is 2.47. The SMILES string of the molecule is CC(S)N(C(=O)c1cccnc1Cl)c1ccc(C(F)(F)F)cc1. The van der Waals surface area contributed by atoms with Crippen molar-refractivity contribution in [3.8, 4) is 0 Å². The van der Waals surface area contributed by atoms with Gasteiger partial charge in [0.15, 0.2) is 0 Å². The Morgan fingerprint density at radius 1 is 1.26 bits per heavy atom. The smallest absolute Gasteiger partial charge is 0.296 e. The fourth-order valence-electron chi connectivity index (χ4n) is 1.99. The highest BCUT2D eigenvalue weighted by Gasteiger charge is 2.31. The topological polar surface area (TPSA) is 33.2 Å². The van der Waals surface area contributed by atoms with Gasteiger partial charge in [-0.05, 0) is 43.3 Å². The zero-order chi connectivity index (χ0) is 17.2. The molecule has 0 radical (unpaired) electrons. The molecule has 1 heterocycles. The molecule has 2 rings (SSSR count). The van der Waals surface area contributed by atoms with Crippen LogP contribution in [0.4, 0.5) is 18.9 Å². The van der Waals surface area contributed by atoms with Gasteiger partial charge in [0.2, 0.25) is 0 Å². The van der Waals surface area contributed by atoms with Crippen LogP contribution >= 0.6 is 24.2 Å². The number of anilines is 1. The molecule has 0 aliphatic heterocycles. The predicted octanol–water partition coefficient (Wildman–Crippen LogP) is 4.68. The van der Waals surface area contributed by atoms with Crippen LogP contribution in [0.5, 0.6) is 0 Å². The van der Waals surface area contributed by atoms with E-state index in [4.69, 9.17) is 11.6 Å². The van der Waals surface area contributed by atoms with E-state index in [0.717, 1.165) is 12.1 Å². The molecule has 8 heteroatoms. The molecule has 0 N–H and O–H groups in total. The summed E-state index contributed by atoms with van der Waals surface area (Å²) < 4.78 is 37.9. The highest BCUT2D eigenvalue weighted by molar-refractivity contribution is 7.81. The molecule has 0 fully saturated rings. The minimum Gasteiger partial charge on any atom is -0.296 e. The Hall–Kier alpha value is -1.73. The number of pyridine rings is 1. The van der Waals surface area contributed by atoms with Gasteiger partial charge in [0.25, 0.3) is 5.91 Å². The summed E-state index contributed by atoms with van der Waals surface area (Å²) in [6, 6.07) is 7.31. The number of rotatable bonds is 3. The summed E-state index contributed by atoms with van der Waals surface area (Å²) in [7, 11) is 0. The van der Waals surface area contributed by atoms with E-state index >= 15 is 0 Å². The van der Waals surface area contributed by atoms with Gasteiger partial charge < -0.3 is 0 Å². The fraction of sp³-hybridized carbons (Fsp3) is 0.200. The van der Waals surface area contributed by atoms with Gasteiger partial charge in [-0.3, -0.25) is 9.69 Å². The van der Waals surface area contributed by atoms with Crippen molar-refractivity contribution >= 4 is 35.8 Å². The Bertz CT molecular complexity index is 705.